The monoisotopic (exact) mass is 449 g/mol. The van der Waals surface area contributed by atoms with Gasteiger partial charge in [0.15, 0.2) is 0 Å². The van der Waals surface area contributed by atoms with E-state index >= 15 is 0 Å². The number of carbonyl (C=O) groups is 3. The molecule has 1 amide bonds. The van der Waals surface area contributed by atoms with Crippen molar-refractivity contribution in [2.75, 3.05) is 6.61 Å². The van der Waals surface area contributed by atoms with Crippen molar-refractivity contribution in [2.24, 2.45) is 10.5 Å². The molecule has 3 atom stereocenters. The van der Waals surface area contributed by atoms with Gasteiger partial charge in [0.2, 0.25) is 5.37 Å². The van der Waals surface area contributed by atoms with Gasteiger partial charge < -0.3 is 9.84 Å². The van der Waals surface area contributed by atoms with E-state index in [9.17, 15) is 19.5 Å². The van der Waals surface area contributed by atoms with Gasteiger partial charge in [-0.1, -0.05) is 62.9 Å². The number of ether oxygens (including phenoxy) is 1. The molecular weight excluding hydrogens is 418 g/mol. The van der Waals surface area contributed by atoms with Gasteiger partial charge in [-0.25, -0.2) is 9.80 Å². The van der Waals surface area contributed by atoms with Crippen LogP contribution in [0, 0.1) is 5.41 Å². The van der Waals surface area contributed by atoms with Crippen molar-refractivity contribution in [1.29, 1.82) is 0 Å². The zero-order valence-corrected chi connectivity index (χ0v) is 19.4. The van der Waals surface area contributed by atoms with Crippen LogP contribution in [0.25, 0.3) is 0 Å². The van der Waals surface area contributed by atoms with Gasteiger partial charge >= 0.3 is 11.9 Å². The van der Waals surface area contributed by atoms with Crippen LogP contribution < -0.4 is 5.32 Å². The third-order valence-corrected chi connectivity index (χ3v) is 6.22. The summed E-state index contributed by atoms with van der Waals surface area (Å²) in [4.78, 5) is 37.2. The molecule has 1 aromatic carbocycles. The van der Waals surface area contributed by atoms with Crippen molar-refractivity contribution >= 4 is 34.7 Å². The summed E-state index contributed by atoms with van der Waals surface area (Å²) in [6.45, 7) is 9.29. The second-order valence-electron chi connectivity index (χ2n) is 8.36. The molecule has 31 heavy (non-hydrogen) atoms. The molecule has 8 nitrogen and oxygen atoms in total. The van der Waals surface area contributed by atoms with Crippen LogP contribution in [0.3, 0.4) is 0 Å². The lowest BCUT2D eigenvalue weighted by atomic mass is 9.99. The van der Waals surface area contributed by atoms with Crippen molar-refractivity contribution in [1.82, 2.24) is 10.3 Å². The molecule has 0 bridgehead atoms. The maximum atomic E-state index is 13.1. The Labute approximate surface area is 187 Å². The number of aryl methyl sites for hydroxylation is 1. The lowest BCUT2D eigenvalue weighted by Gasteiger charge is -2.25. The Balaban J connectivity index is 2.13. The molecule has 1 aliphatic rings. The number of esters is 1. The highest BCUT2D eigenvalue weighted by atomic mass is 32.2. The number of amides is 1. The van der Waals surface area contributed by atoms with E-state index < -0.39 is 35.3 Å². The molecular formula is C22H31N3O5S. The molecule has 0 unspecified atom stereocenters. The molecule has 170 valence electrons. The summed E-state index contributed by atoms with van der Waals surface area (Å²) in [6.07, 6.45) is 1.07. The number of carbonyl (C=O) groups excluding carboxylic acids is 2. The number of hydrazone groups is 1. The number of hydrogen-bond acceptors (Lipinski definition) is 7. The van der Waals surface area contributed by atoms with Crippen LogP contribution in [-0.2, 0) is 25.5 Å². The summed E-state index contributed by atoms with van der Waals surface area (Å²) in [5, 5.41) is 17.3. The number of nitrogens with zero attached hydrogens (tertiary/aromatic N) is 2. The number of rotatable bonds is 9. The minimum absolute atomic E-state index is 0.230. The predicted octanol–water partition coefficient (Wildman–Crippen LogP) is 2.87. The Morgan fingerprint density at radius 1 is 1.26 bits per heavy atom. The highest BCUT2D eigenvalue weighted by Crippen LogP contribution is 2.35. The van der Waals surface area contributed by atoms with Gasteiger partial charge in [-0.3, -0.25) is 14.9 Å². The molecule has 1 heterocycles. The van der Waals surface area contributed by atoms with Crippen LogP contribution in [0.2, 0.25) is 0 Å². The van der Waals surface area contributed by atoms with Gasteiger partial charge in [0.1, 0.15) is 11.1 Å². The summed E-state index contributed by atoms with van der Waals surface area (Å²) in [5.74, 6) is -2.09. The fourth-order valence-electron chi connectivity index (χ4n) is 3.02. The molecule has 0 saturated carbocycles. The summed E-state index contributed by atoms with van der Waals surface area (Å²) in [6, 6.07) is 8.19. The number of aliphatic carboxylic acids is 1. The third kappa shape index (κ3) is 6.80. The molecule has 1 aromatic rings. The van der Waals surface area contributed by atoms with Gasteiger partial charge in [0, 0.05) is 5.41 Å². The molecule has 9 heteroatoms. The van der Waals surface area contributed by atoms with Crippen LogP contribution >= 0.6 is 11.8 Å². The Morgan fingerprint density at radius 2 is 1.90 bits per heavy atom. The molecule has 2 N–H and O–H groups in total. The van der Waals surface area contributed by atoms with Gasteiger partial charge in [-0.05, 0) is 32.3 Å². The number of carboxylic acid groups (broad SMARTS) is 1. The highest BCUT2D eigenvalue weighted by molar-refractivity contribution is 8.15. The van der Waals surface area contributed by atoms with Gasteiger partial charge in [0.25, 0.3) is 5.91 Å². The van der Waals surface area contributed by atoms with Crippen molar-refractivity contribution in [3.05, 3.63) is 35.9 Å². The molecule has 2 rings (SSSR count). The molecule has 0 aliphatic carbocycles. The average Bonchev–Trinajstić information content (AvgIpc) is 3.17. The van der Waals surface area contributed by atoms with Gasteiger partial charge in [0.05, 0.1) is 12.6 Å². The second-order valence-corrected chi connectivity index (χ2v) is 9.43. The Bertz CT molecular complexity index is 822. The van der Waals surface area contributed by atoms with Crippen molar-refractivity contribution < 1.29 is 24.2 Å². The van der Waals surface area contributed by atoms with Crippen LogP contribution in [0.15, 0.2) is 35.4 Å². The summed E-state index contributed by atoms with van der Waals surface area (Å²) in [7, 11) is 0. The van der Waals surface area contributed by atoms with Crippen molar-refractivity contribution in [3.8, 4) is 0 Å². The first kappa shape index (κ1) is 24.9. The van der Waals surface area contributed by atoms with E-state index in [0.29, 0.717) is 17.9 Å². The van der Waals surface area contributed by atoms with E-state index in [4.69, 9.17) is 4.74 Å². The number of hydrogen-bond donors (Lipinski definition) is 2. The lowest BCUT2D eigenvalue weighted by Crippen LogP contribution is -2.52. The standard InChI is InChI=1S/C22H31N3O5S/c1-6-30-20(29)16(13-12-15-10-8-7-9-11-15)23-14(2)17(26)25-18(19(27)28)31-21(24-25)22(3,4)5/h7-11,14,16,18,23H,6,12-13H2,1-5H3,(H,27,28)/t14-,16-,18+/m0/s1. The van der Waals surface area contributed by atoms with E-state index in [-0.39, 0.29) is 12.0 Å². The van der Waals surface area contributed by atoms with E-state index in [1.165, 1.54) is 0 Å². The second kappa shape index (κ2) is 10.8. The number of benzene rings is 1. The smallest absolute Gasteiger partial charge is 0.339 e. The Kier molecular flexibility index (Phi) is 8.64. The van der Waals surface area contributed by atoms with E-state index in [0.717, 1.165) is 22.3 Å². The maximum absolute atomic E-state index is 13.1. The summed E-state index contributed by atoms with van der Waals surface area (Å²) in [5.41, 5.74) is 0.687. The van der Waals surface area contributed by atoms with Crippen molar-refractivity contribution in [2.45, 2.75) is 64.9 Å². The zero-order chi connectivity index (χ0) is 23.2. The van der Waals surface area contributed by atoms with Crippen LogP contribution in [-0.4, -0.2) is 57.1 Å². The first-order chi connectivity index (χ1) is 14.5. The van der Waals surface area contributed by atoms with Crippen LogP contribution in [0.4, 0.5) is 0 Å². The lowest BCUT2D eigenvalue weighted by molar-refractivity contribution is -0.149. The fraction of sp³-hybridized carbons (Fsp3) is 0.545. The predicted molar refractivity (Wildman–Crippen MR) is 121 cm³/mol. The van der Waals surface area contributed by atoms with E-state index in [1.807, 2.05) is 51.1 Å². The summed E-state index contributed by atoms with van der Waals surface area (Å²) >= 11 is 1.06. The topological polar surface area (TPSA) is 108 Å². The largest absolute Gasteiger partial charge is 0.479 e. The SMILES string of the molecule is CCOC(=O)[C@H](CCc1ccccc1)N[C@@H](C)C(=O)N1N=C(C(C)(C)C)S[C@@H]1C(=O)O. The van der Waals surface area contributed by atoms with Gasteiger partial charge in [-0.2, -0.15) is 5.10 Å². The molecule has 0 spiro atoms. The van der Waals surface area contributed by atoms with Gasteiger partial charge in [-0.15, -0.1) is 0 Å². The third-order valence-electron chi connectivity index (χ3n) is 4.68. The first-order valence-electron chi connectivity index (χ1n) is 10.3. The molecule has 0 fully saturated rings. The minimum Gasteiger partial charge on any atom is -0.479 e. The number of carboxylic acids is 1. The molecule has 1 aliphatic heterocycles. The number of nitrogens with one attached hydrogen (secondary N) is 1. The molecule has 0 radical (unpaired) electrons. The molecule has 0 aromatic heterocycles. The Morgan fingerprint density at radius 3 is 2.45 bits per heavy atom. The highest BCUT2D eigenvalue weighted by Gasteiger charge is 2.42. The average molecular weight is 450 g/mol. The maximum Gasteiger partial charge on any atom is 0.339 e. The summed E-state index contributed by atoms with van der Waals surface area (Å²) < 4.78 is 5.17. The fourth-order valence-corrected chi connectivity index (χ4v) is 4.07. The molecule has 0 saturated heterocycles. The number of thioether (sulfide) groups is 1. The van der Waals surface area contributed by atoms with Crippen molar-refractivity contribution in [3.63, 3.8) is 0 Å². The van der Waals surface area contributed by atoms with Crippen LogP contribution in [0.5, 0.6) is 0 Å². The minimum atomic E-state index is -1.14. The first-order valence-corrected chi connectivity index (χ1v) is 11.2. The zero-order valence-electron chi connectivity index (χ0n) is 18.6. The van der Waals surface area contributed by atoms with E-state index in [1.54, 1.807) is 13.8 Å². The van der Waals surface area contributed by atoms with Crippen LogP contribution in [0.1, 0.15) is 46.6 Å². The quantitative estimate of drug-likeness (QED) is 0.558. The Hall–Kier alpha value is -2.39. The normalized spacial score (nSPS) is 18.3. The van der Waals surface area contributed by atoms with E-state index in [2.05, 4.69) is 10.4 Å².